The highest BCUT2D eigenvalue weighted by Crippen LogP contribution is 2.40. The fourth-order valence-electron chi connectivity index (χ4n) is 2.88. The van der Waals surface area contributed by atoms with Crippen molar-refractivity contribution < 1.29 is 28.6 Å². The Morgan fingerprint density at radius 1 is 1.23 bits per heavy atom. The summed E-state index contributed by atoms with van der Waals surface area (Å²) < 4.78 is 13.8. The second-order valence-corrected chi connectivity index (χ2v) is 9.78. The lowest BCUT2D eigenvalue weighted by atomic mass is 10.0. The minimum Gasteiger partial charge on any atom is -0.498 e. The van der Waals surface area contributed by atoms with Gasteiger partial charge < -0.3 is 24.4 Å². The van der Waals surface area contributed by atoms with Gasteiger partial charge in [0.15, 0.2) is 12.6 Å². The number of thioether (sulfide) groups is 1. The van der Waals surface area contributed by atoms with Gasteiger partial charge in [0.25, 0.3) is 5.91 Å². The maximum atomic E-state index is 12.7. The molecule has 30 heavy (non-hydrogen) atoms. The van der Waals surface area contributed by atoms with Crippen LogP contribution in [-0.4, -0.2) is 64.3 Å². The number of benzene rings is 1. The van der Waals surface area contributed by atoms with E-state index in [4.69, 9.17) is 49.0 Å². The Labute approximate surface area is 191 Å². The number of esters is 1. The summed E-state index contributed by atoms with van der Waals surface area (Å²) in [6.07, 6.45) is 0. The highest BCUT2D eigenvalue weighted by molar-refractivity contribution is 8.02. The molecular weight excluding hydrogens is 479 g/mol. The highest BCUT2D eigenvalue weighted by atomic mass is 35.6. The molecule has 1 unspecified atom stereocenters. The molecule has 2 heterocycles. The number of amides is 2. The van der Waals surface area contributed by atoms with Crippen molar-refractivity contribution in [3.05, 3.63) is 41.5 Å². The van der Waals surface area contributed by atoms with Crippen molar-refractivity contribution in [3.63, 3.8) is 0 Å². The number of methoxy groups -OCH3 is 1. The van der Waals surface area contributed by atoms with E-state index in [2.05, 4.69) is 5.32 Å². The number of nitrogens with one attached hydrogen (secondary N) is 1. The van der Waals surface area contributed by atoms with Crippen LogP contribution in [0.2, 0.25) is 0 Å². The van der Waals surface area contributed by atoms with E-state index in [1.165, 1.54) is 23.8 Å². The monoisotopic (exact) mass is 494 g/mol. The largest absolute Gasteiger partial charge is 0.498 e. The lowest BCUT2D eigenvalue weighted by Crippen LogP contribution is -2.74. The third kappa shape index (κ3) is 5.26. The van der Waals surface area contributed by atoms with Gasteiger partial charge in [-0.2, -0.15) is 0 Å². The average Bonchev–Trinajstić information content (AvgIpc) is 2.73. The number of ether oxygens (including phenoxy) is 3. The topological polar surface area (TPSA) is 94.2 Å². The van der Waals surface area contributed by atoms with E-state index < -0.39 is 45.6 Å². The molecule has 0 bridgehead atoms. The van der Waals surface area contributed by atoms with Gasteiger partial charge in [-0.25, -0.2) is 4.79 Å². The van der Waals surface area contributed by atoms with Crippen LogP contribution in [0.1, 0.15) is 0 Å². The number of carbonyl (C=O) groups excluding carboxylic acids is 3. The fraction of sp³-hybridized carbons (Fsp3) is 0.389. The Kier molecular flexibility index (Phi) is 7.28. The summed E-state index contributed by atoms with van der Waals surface area (Å²) in [5.41, 5.74) is 0. The van der Waals surface area contributed by atoms with E-state index in [1.54, 1.807) is 29.7 Å². The number of hydrogen-bond donors (Lipinski definition) is 1. The van der Waals surface area contributed by atoms with Crippen molar-refractivity contribution in [2.24, 2.45) is 0 Å². The normalized spacial score (nSPS) is 22.9. The summed E-state index contributed by atoms with van der Waals surface area (Å²) in [5.74, 6) is -0.972. The maximum absolute atomic E-state index is 12.7. The summed E-state index contributed by atoms with van der Waals surface area (Å²) in [6.45, 7) is -0.736. The van der Waals surface area contributed by atoms with Gasteiger partial charge in [0.05, 0.1) is 7.11 Å². The molecule has 1 aromatic carbocycles. The Balaban J connectivity index is 1.61. The second-order valence-electron chi connectivity index (χ2n) is 6.27. The third-order valence-corrected chi connectivity index (χ3v) is 5.69. The molecule has 1 fully saturated rings. The van der Waals surface area contributed by atoms with Gasteiger partial charge in [0.2, 0.25) is 9.70 Å². The van der Waals surface area contributed by atoms with Crippen LogP contribution in [0.25, 0.3) is 0 Å². The third-order valence-electron chi connectivity index (χ3n) is 4.22. The van der Waals surface area contributed by atoms with Crippen molar-refractivity contribution >= 4 is 64.3 Å². The number of hydrogen-bond acceptors (Lipinski definition) is 7. The SMILES string of the molecule is COC1=CS[C@@H]2[C@H](NC(=O)COc3ccccc3)C(=O)N2C1C(=O)OCC(Cl)(Cl)Cl. The summed E-state index contributed by atoms with van der Waals surface area (Å²) >= 11 is 18.1. The average molecular weight is 496 g/mol. The zero-order valence-electron chi connectivity index (χ0n) is 15.5. The number of nitrogens with zero attached hydrogens (tertiary/aromatic N) is 1. The van der Waals surface area contributed by atoms with Gasteiger partial charge in [0.1, 0.15) is 29.5 Å². The Hall–Kier alpha value is -1.81. The minimum absolute atomic E-state index is 0.219. The predicted octanol–water partition coefficient (Wildman–Crippen LogP) is 2.24. The number of para-hydroxylation sites is 1. The van der Waals surface area contributed by atoms with Gasteiger partial charge in [-0.05, 0) is 12.1 Å². The van der Waals surface area contributed by atoms with Gasteiger partial charge in [-0.3, -0.25) is 9.59 Å². The van der Waals surface area contributed by atoms with Gasteiger partial charge in [0, 0.05) is 5.41 Å². The molecule has 3 rings (SSSR count). The molecule has 0 aliphatic carbocycles. The van der Waals surface area contributed by atoms with Crippen molar-refractivity contribution in [2.45, 2.75) is 21.3 Å². The summed E-state index contributed by atoms with van der Waals surface area (Å²) in [7, 11) is 1.37. The van der Waals surface area contributed by atoms with Crippen LogP contribution < -0.4 is 10.1 Å². The van der Waals surface area contributed by atoms with Crippen LogP contribution in [0.3, 0.4) is 0 Å². The summed E-state index contributed by atoms with van der Waals surface area (Å²) in [6, 6.07) is 6.86. The second kappa shape index (κ2) is 9.55. The van der Waals surface area contributed by atoms with E-state index in [-0.39, 0.29) is 12.4 Å². The van der Waals surface area contributed by atoms with Gasteiger partial charge >= 0.3 is 5.97 Å². The number of fused-ring (bicyclic) bond motifs is 1. The zero-order valence-corrected chi connectivity index (χ0v) is 18.6. The molecule has 0 radical (unpaired) electrons. The summed E-state index contributed by atoms with van der Waals surface area (Å²) in [5, 5.41) is 3.70. The molecule has 2 aliphatic rings. The molecule has 1 aromatic rings. The molecular formula is C18H17Cl3N2O6S. The molecule has 3 atom stereocenters. The molecule has 0 aromatic heterocycles. The van der Waals surface area contributed by atoms with Crippen LogP contribution in [0.15, 0.2) is 41.5 Å². The van der Waals surface area contributed by atoms with E-state index in [9.17, 15) is 14.4 Å². The van der Waals surface area contributed by atoms with Crippen LogP contribution in [0.4, 0.5) is 0 Å². The van der Waals surface area contributed by atoms with Crippen LogP contribution in [0, 0.1) is 0 Å². The van der Waals surface area contributed by atoms with Crippen molar-refractivity contribution in [3.8, 4) is 5.75 Å². The number of halogens is 3. The smallest absolute Gasteiger partial charge is 0.337 e. The number of rotatable bonds is 7. The molecule has 1 saturated heterocycles. The molecule has 1 N–H and O–H groups in total. The van der Waals surface area contributed by atoms with Crippen LogP contribution in [-0.2, 0) is 23.9 Å². The van der Waals surface area contributed by atoms with Crippen LogP contribution >= 0.6 is 46.6 Å². The minimum atomic E-state index is -1.79. The first-order valence-electron chi connectivity index (χ1n) is 8.63. The molecule has 8 nitrogen and oxygen atoms in total. The molecule has 0 spiro atoms. The number of alkyl halides is 3. The lowest BCUT2D eigenvalue weighted by molar-refractivity contribution is -0.165. The molecule has 2 amide bonds. The first-order chi connectivity index (χ1) is 14.2. The molecule has 12 heteroatoms. The van der Waals surface area contributed by atoms with E-state index in [0.717, 1.165) is 0 Å². The molecule has 0 saturated carbocycles. The number of carbonyl (C=O) groups is 3. The van der Waals surface area contributed by atoms with Gasteiger partial charge in [-0.15, -0.1) is 11.8 Å². The van der Waals surface area contributed by atoms with Crippen molar-refractivity contribution in [1.82, 2.24) is 10.2 Å². The standard InChI is InChI=1S/C18H17Cl3N2O6S/c1-27-11-8-30-16-13(22-12(24)7-28-10-5-3-2-4-6-10)15(25)23(16)14(11)17(26)29-9-18(19,20)21/h2-6,8,13-14,16H,7,9H2,1H3,(H,22,24)/t13-,14?,16-/m1/s1. The fourth-order valence-corrected chi connectivity index (χ4v) is 4.24. The van der Waals surface area contributed by atoms with E-state index in [0.29, 0.717) is 5.75 Å². The number of β-lactam (4-membered cyclic amide) rings is 1. The summed E-state index contributed by atoms with van der Waals surface area (Å²) in [4.78, 5) is 38.6. The predicted molar refractivity (Wildman–Crippen MR) is 112 cm³/mol. The highest BCUT2D eigenvalue weighted by Gasteiger charge is 2.57. The van der Waals surface area contributed by atoms with Crippen LogP contribution in [0.5, 0.6) is 5.75 Å². The van der Waals surface area contributed by atoms with Crippen molar-refractivity contribution in [1.29, 1.82) is 0 Å². The first-order valence-corrected chi connectivity index (χ1v) is 10.7. The Bertz CT molecular complexity index is 848. The molecule has 2 aliphatic heterocycles. The van der Waals surface area contributed by atoms with E-state index in [1.807, 2.05) is 6.07 Å². The molecule has 162 valence electrons. The van der Waals surface area contributed by atoms with Gasteiger partial charge in [-0.1, -0.05) is 53.0 Å². The quantitative estimate of drug-likeness (QED) is 0.352. The lowest BCUT2D eigenvalue weighted by Gasteiger charge is -2.51. The Morgan fingerprint density at radius 3 is 2.57 bits per heavy atom. The van der Waals surface area contributed by atoms with E-state index >= 15 is 0 Å². The zero-order chi connectivity index (χ0) is 21.9. The maximum Gasteiger partial charge on any atom is 0.337 e. The first kappa shape index (κ1) is 22.9. The van der Waals surface area contributed by atoms with Crippen molar-refractivity contribution in [2.75, 3.05) is 20.3 Å². The Morgan fingerprint density at radius 2 is 1.93 bits per heavy atom.